The number of fused-ring (bicyclic) bond motifs is 1. The Morgan fingerprint density at radius 3 is 2.55 bits per heavy atom. The smallest absolute Gasteiger partial charge is 0.220 e. The highest BCUT2D eigenvalue weighted by atomic mass is 16.2. The molecule has 0 spiro atoms. The average molecular weight is 273 g/mol. The van der Waals surface area contributed by atoms with E-state index in [0.717, 1.165) is 18.4 Å². The molecule has 1 aliphatic rings. The molecule has 0 saturated carbocycles. The van der Waals surface area contributed by atoms with E-state index >= 15 is 0 Å². The molecular weight excluding hydrogens is 250 g/mol. The van der Waals surface area contributed by atoms with Crippen molar-refractivity contribution in [1.29, 1.82) is 0 Å². The van der Waals surface area contributed by atoms with Crippen LogP contribution < -0.4 is 5.32 Å². The summed E-state index contributed by atoms with van der Waals surface area (Å²) < 4.78 is 0. The Morgan fingerprint density at radius 2 is 1.85 bits per heavy atom. The van der Waals surface area contributed by atoms with E-state index in [1.54, 1.807) is 0 Å². The van der Waals surface area contributed by atoms with E-state index in [9.17, 15) is 9.59 Å². The van der Waals surface area contributed by atoms with Crippen molar-refractivity contribution in [2.24, 2.45) is 5.92 Å². The molecule has 0 aliphatic heterocycles. The summed E-state index contributed by atoms with van der Waals surface area (Å²) in [7, 11) is 0. The van der Waals surface area contributed by atoms with Crippen molar-refractivity contribution in [3.05, 3.63) is 34.9 Å². The van der Waals surface area contributed by atoms with Crippen molar-refractivity contribution >= 4 is 11.7 Å². The normalized spacial score (nSPS) is 13.9. The monoisotopic (exact) mass is 273 g/mol. The molecule has 0 saturated heterocycles. The largest absolute Gasteiger partial charge is 0.349 e. The zero-order chi connectivity index (χ0) is 14.5. The van der Waals surface area contributed by atoms with Crippen LogP contribution in [-0.2, 0) is 17.6 Å². The van der Waals surface area contributed by atoms with Crippen molar-refractivity contribution in [2.45, 2.75) is 46.0 Å². The van der Waals surface area contributed by atoms with Gasteiger partial charge in [0, 0.05) is 12.0 Å². The zero-order valence-corrected chi connectivity index (χ0v) is 12.4. The molecule has 1 N–H and O–H groups in total. The van der Waals surface area contributed by atoms with E-state index < -0.39 is 0 Å². The van der Waals surface area contributed by atoms with Crippen LogP contribution in [-0.4, -0.2) is 18.2 Å². The van der Waals surface area contributed by atoms with Gasteiger partial charge in [-0.3, -0.25) is 9.59 Å². The summed E-state index contributed by atoms with van der Waals surface area (Å²) in [6, 6.07) is 5.96. The molecule has 0 atom stereocenters. The van der Waals surface area contributed by atoms with Crippen molar-refractivity contribution in [2.75, 3.05) is 6.54 Å². The van der Waals surface area contributed by atoms with Gasteiger partial charge in [-0.15, -0.1) is 0 Å². The van der Waals surface area contributed by atoms with Gasteiger partial charge in [0.25, 0.3) is 0 Å². The van der Waals surface area contributed by atoms with Gasteiger partial charge in [-0.2, -0.15) is 0 Å². The molecule has 3 heteroatoms. The van der Waals surface area contributed by atoms with Gasteiger partial charge in [-0.1, -0.05) is 26.0 Å². The second-order valence-corrected chi connectivity index (χ2v) is 5.99. The van der Waals surface area contributed by atoms with Gasteiger partial charge >= 0.3 is 0 Å². The lowest BCUT2D eigenvalue weighted by Crippen LogP contribution is -2.30. The van der Waals surface area contributed by atoms with E-state index in [4.69, 9.17) is 0 Å². The van der Waals surface area contributed by atoms with Crippen LogP contribution in [0.5, 0.6) is 0 Å². The molecule has 108 valence electrons. The number of hydrogen-bond acceptors (Lipinski definition) is 2. The maximum Gasteiger partial charge on any atom is 0.220 e. The average Bonchev–Trinajstić information content (AvgIpc) is 2.43. The predicted octanol–water partition coefficient (Wildman–Crippen LogP) is 2.91. The van der Waals surface area contributed by atoms with E-state index in [2.05, 4.69) is 11.4 Å². The molecule has 0 bridgehead atoms. The molecule has 2 rings (SSSR count). The second-order valence-electron chi connectivity index (χ2n) is 5.99. The first kappa shape index (κ1) is 14.8. The molecule has 1 aromatic carbocycles. The van der Waals surface area contributed by atoms with Gasteiger partial charge in [-0.25, -0.2) is 0 Å². The molecule has 0 radical (unpaired) electrons. The molecule has 3 nitrogen and oxygen atoms in total. The first-order valence-corrected chi connectivity index (χ1v) is 7.48. The summed E-state index contributed by atoms with van der Waals surface area (Å²) in [5, 5.41) is 2.70. The minimum atomic E-state index is -0.0497. The minimum absolute atomic E-state index is 0.00419. The SMILES string of the molecule is CC(C)CC(=O)NCC(=O)c1ccc2c(c1)CCCC2. The Morgan fingerprint density at radius 1 is 1.15 bits per heavy atom. The highest BCUT2D eigenvalue weighted by molar-refractivity contribution is 5.99. The summed E-state index contributed by atoms with van der Waals surface area (Å²) in [6.07, 6.45) is 5.10. The van der Waals surface area contributed by atoms with Gasteiger partial charge in [0.15, 0.2) is 5.78 Å². The number of aryl methyl sites for hydroxylation is 2. The number of rotatable bonds is 5. The van der Waals surface area contributed by atoms with Crippen molar-refractivity contribution in [3.63, 3.8) is 0 Å². The molecule has 0 heterocycles. The Labute approximate surface area is 120 Å². The molecular formula is C17H23NO2. The van der Waals surface area contributed by atoms with Crippen molar-refractivity contribution in [3.8, 4) is 0 Å². The second kappa shape index (κ2) is 6.69. The number of benzene rings is 1. The van der Waals surface area contributed by atoms with Crippen LogP contribution in [0.25, 0.3) is 0 Å². The number of carbonyl (C=O) groups is 2. The highest BCUT2D eigenvalue weighted by Crippen LogP contribution is 2.22. The van der Waals surface area contributed by atoms with Gasteiger partial charge in [0.1, 0.15) is 0 Å². The van der Waals surface area contributed by atoms with E-state index in [0.29, 0.717) is 12.3 Å². The first-order chi connectivity index (χ1) is 9.56. The molecule has 0 aromatic heterocycles. The summed E-state index contributed by atoms with van der Waals surface area (Å²) in [6.45, 7) is 4.08. The lowest BCUT2D eigenvalue weighted by Gasteiger charge is -2.16. The minimum Gasteiger partial charge on any atom is -0.349 e. The fraction of sp³-hybridized carbons (Fsp3) is 0.529. The molecule has 1 aromatic rings. The summed E-state index contributed by atoms with van der Waals surface area (Å²) in [4.78, 5) is 23.7. The van der Waals surface area contributed by atoms with Crippen molar-refractivity contribution < 1.29 is 9.59 Å². The standard InChI is InChI=1S/C17H23NO2/c1-12(2)9-17(20)18-11-16(19)15-8-7-13-5-3-4-6-14(13)10-15/h7-8,10,12H,3-6,9,11H2,1-2H3,(H,18,20). The molecule has 20 heavy (non-hydrogen) atoms. The van der Waals surface area contributed by atoms with Gasteiger partial charge in [0.2, 0.25) is 5.91 Å². The number of Topliss-reactive ketones (excluding diaryl/α,β-unsaturated/α-hetero) is 1. The highest BCUT2D eigenvalue weighted by Gasteiger charge is 2.13. The van der Waals surface area contributed by atoms with Crippen LogP contribution in [0.3, 0.4) is 0 Å². The quantitative estimate of drug-likeness (QED) is 0.838. The lowest BCUT2D eigenvalue weighted by atomic mass is 9.90. The van der Waals surface area contributed by atoms with Crippen LogP contribution in [0.1, 0.15) is 54.6 Å². The topological polar surface area (TPSA) is 46.2 Å². The number of ketones is 1. The third-order valence-electron chi connectivity index (χ3n) is 3.71. The Kier molecular flexibility index (Phi) is 4.94. The number of amides is 1. The maximum absolute atomic E-state index is 12.1. The van der Waals surface area contributed by atoms with E-state index in [-0.39, 0.29) is 18.2 Å². The van der Waals surface area contributed by atoms with Gasteiger partial charge < -0.3 is 5.32 Å². The summed E-state index contributed by atoms with van der Waals surface area (Å²) in [5.41, 5.74) is 3.39. The van der Waals surface area contributed by atoms with Crippen LogP contribution in [0.4, 0.5) is 0 Å². The molecule has 1 amide bonds. The number of carbonyl (C=O) groups excluding carboxylic acids is 2. The predicted molar refractivity (Wildman–Crippen MR) is 79.9 cm³/mol. The molecule has 0 fully saturated rings. The molecule has 0 unspecified atom stereocenters. The zero-order valence-electron chi connectivity index (χ0n) is 12.4. The third-order valence-corrected chi connectivity index (χ3v) is 3.71. The first-order valence-electron chi connectivity index (χ1n) is 7.48. The Balaban J connectivity index is 1.94. The summed E-state index contributed by atoms with van der Waals surface area (Å²) >= 11 is 0. The fourth-order valence-electron chi connectivity index (χ4n) is 2.63. The van der Waals surface area contributed by atoms with E-state index in [1.165, 1.54) is 24.0 Å². The number of hydrogen-bond donors (Lipinski definition) is 1. The Hall–Kier alpha value is -1.64. The van der Waals surface area contributed by atoms with Crippen LogP contribution >= 0.6 is 0 Å². The van der Waals surface area contributed by atoms with Gasteiger partial charge in [-0.05, 0) is 48.8 Å². The summed E-state index contributed by atoms with van der Waals surface area (Å²) in [5.74, 6) is 0.260. The van der Waals surface area contributed by atoms with Gasteiger partial charge in [0.05, 0.1) is 6.54 Å². The fourth-order valence-corrected chi connectivity index (χ4v) is 2.63. The van der Waals surface area contributed by atoms with Crippen LogP contribution in [0.2, 0.25) is 0 Å². The molecule has 1 aliphatic carbocycles. The van der Waals surface area contributed by atoms with Crippen molar-refractivity contribution in [1.82, 2.24) is 5.32 Å². The van der Waals surface area contributed by atoms with Crippen LogP contribution in [0.15, 0.2) is 18.2 Å². The third kappa shape index (κ3) is 3.92. The lowest BCUT2D eigenvalue weighted by molar-refractivity contribution is -0.121. The van der Waals surface area contributed by atoms with Crippen LogP contribution in [0, 0.1) is 5.92 Å². The number of nitrogens with one attached hydrogen (secondary N) is 1. The maximum atomic E-state index is 12.1. The van der Waals surface area contributed by atoms with E-state index in [1.807, 2.05) is 26.0 Å². The Bertz CT molecular complexity index is 506.